The number of fused-ring (bicyclic) bond motifs is 1. The number of benzene rings is 1. The van der Waals surface area contributed by atoms with E-state index >= 15 is 0 Å². The molecule has 1 N–H and O–H groups in total. The standard InChI is InChI=1S/C20H28N4O3/c1-5-24-18-10-9-15(11-17(18)22-23-24)20(26)27-14(4)19(25)21-16-8-6-7-12(2)13(16)3/h9-14,16H,5-8H2,1-4H3,(H,21,25)/t12-,13-,14+,16-/m0/s1. The van der Waals surface area contributed by atoms with Crippen LogP contribution in [0.2, 0.25) is 0 Å². The molecule has 1 fully saturated rings. The maximum atomic E-state index is 12.5. The summed E-state index contributed by atoms with van der Waals surface area (Å²) in [4.78, 5) is 24.9. The molecular formula is C20H28N4O3. The highest BCUT2D eigenvalue weighted by Gasteiger charge is 2.30. The lowest BCUT2D eigenvalue weighted by molar-refractivity contribution is -0.130. The van der Waals surface area contributed by atoms with Crippen LogP contribution < -0.4 is 5.32 Å². The van der Waals surface area contributed by atoms with Crippen molar-refractivity contribution in [1.29, 1.82) is 0 Å². The number of carbonyl (C=O) groups is 2. The summed E-state index contributed by atoms with van der Waals surface area (Å²) in [5, 5.41) is 11.2. The molecule has 146 valence electrons. The number of nitrogens with zero attached hydrogens (tertiary/aromatic N) is 3. The zero-order valence-electron chi connectivity index (χ0n) is 16.4. The first-order valence-electron chi connectivity index (χ1n) is 9.75. The number of amides is 1. The van der Waals surface area contributed by atoms with Crippen LogP contribution in [0.25, 0.3) is 11.0 Å². The van der Waals surface area contributed by atoms with Crippen molar-refractivity contribution in [2.75, 3.05) is 0 Å². The molecular weight excluding hydrogens is 344 g/mol. The predicted molar refractivity (Wildman–Crippen MR) is 102 cm³/mol. The first-order valence-corrected chi connectivity index (χ1v) is 9.75. The van der Waals surface area contributed by atoms with E-state index in [1.165, 1.54) is 6.42 Å². The highest BCUT2D eigenvalue weighted by atomic mass is 16.5. The van der Waals surface area contributed by atoms with Gasteiger partial charge >= 0.3 is 5.97 Å². The maximum Gasteiger partial charge on any atom is 0.338 e. The van der Waals surface area contributed by atoms with Crippen LogP contribution in [0, 0.1) is 11.8 Å². The second-order valence-electron chi connectivity index (χ2n) is 7.54. The minimum Gasteiger partial charge on any atom is -0.449 e. The number of ether oxygens (including phenoxy) is 1. The van der Waals surface area contributed by atoms with E-state index in [-0.39, 0.29) is 11.9 Å². The van der Waals surface area contributed by atoms with Gasteiger partial charge in [0.1, 0.15) is 5.52 Å². The van der Waals surface area contributed by atoms with E-state index < -0.39 is 12.1 Å². The highest BCUT2D eigenvalue weighted by molar-refractivity contribution is 5.95. The largest absolute Gasteiger partial charge is 0.449 e. The predicted octanol–water partition coefficient (Wildman–Crippen LogP) is 2.94. The Morgan fingerprint density at radius 2 is 2.11 bits per heavy atom. The van der Waals surface area contributed by atoms with Crippen LogP contribution in [0.15, 0.2) is 18.2 Å². The van der Waals surface area contributed by atoms with Crippen molar-refractivity contribution in [1.82, 2.24) is 20.3 Å². The second kappa shape index (κ2) is 8.06. The highest BCUT2D eigenvalue weighted by Crippen LogP contribution is 2.29. The van der Waals surface area contributed by atoms with Crippen LogP contribution in [0.1, 0.15) is 57.3 Å². The number of carbonyl (C=O) groups excluding carboxylic acids is 2. The van der Waals surface area contributed by atoms with Crippen molar-refractivity contribution in [3.8, 4) is 0 Å². The molecule has 4 atom stereocenters. The summed E-state index contributed by atoms with van der Waals surface area (Å²) < 4.78 is 7.13. The Morgan fingerprint density at radius 3 is 2.85 bits per heavy atom. The third-order valence-corrected chi connectivity index (χ3v) is 5.74. The van der Waals surface area contributed by atoms with Gasteiger partial charge in [0, 0.05) is 12.6 Å². The molecule has 2 aromatic rings. The molecule has 7 nitrogen and oxygen atoms in total. The van der Waals surface area contributed by atoms with Gasteiger partial charge in [-0.15, -0.1) is 5.10 Å². The van der Waals surface area contributed by atoms with Crippen molar-refractivity contribution in [2.24, 2.45) is 11.8 Å². The third-order valence-electron chi connectivity index (χ3n) is 5.74. The Labute approximate surface area is 159 Å². The van der Waals surface area contributed by atoms with E-state index in [4.69, 9.17) is 4.74 Å². The zero-order chi connectivity index (χ0) is 19.6. The Morgan fingerprint density at radius 1 is 1.33 bits per heavy atom. The third kappa shape index (κ3) is 4.12. The van der Waals surface area contributed by atoms with Crippen LogP contribution in [0.3, 0.4) is 0 Å². The molecule has 0 saturated heterocycles. The molecule has 0 spiro atoms. The van der Waals surface area contributed by atoms with Crippen molar-refractivity contribution in [2.45, 2.75) is 65.6 Å². The monoisotopic (exact) mass is 372 g/mol. The average Bonchev–Trinajstić information content (AvgIpc) is 3.07. The summed E-state index contributed by atoms with van der Waals surface area (Å²) >= 11 is 0. The summed E-state index contributed by atoms with van der Waals surface area (Å²) in [6, 6.07) is 5.26. The van der Waals surface area contributed by atoms with E-state index in [2.05, 4.69) is 29.5 Å². The van der Waals surface area contributed by atoms with Crippen molar-refractivity contribution < 1.29 is 14.3 Å². The normalized spacial score (nSPS) is 23.8. The zero-order valence-corrected chi connectivity index (χ0v) is 16.4. The number of hydrogen-bond acceptors (Lipinski definition) is 5. The van der Waals surface area contributed by atoms with Crippen LogP contribution in [0.5, 0.6) is 0 Å². The Hall–Kier alpha value is -2.44. The minimum absolute atomic E-state index is 0.142. The molecule has 27 heavy (non-hydrogen) atoms. The van der Waals surface area contributed by atoms with E-state index in [0.29, 0.717) is 29.5 Å². The first kappa shape index (κ1) is 19.3. The summed E-state index contributed by atoms with van der Waals surface area (Å²) in [6.45, 7) is 8.68. The number of hydrogen-bond donors (Lipinski definition) is 1. The summed E-state index contributed by atoms with van der Waals surface area (Å²) in [5.74, 6) is 0.238. The smallest absolute Gasteiger partial charge is 0.338 e. The summed E-state index contributed by atoms with van der Waals surface area (Å²) in [7, 11) is 0. The molecule has 7 heteroatoms. The van der Waals surface area contributed by atoms with E-state index in [9.17, 15) is 9.59 Å². The summed E-state index contributed by atoms with van der Waals surface area (Å²) in [5.41, 5.74) is 1.86. The molecule has 1 amide bonds. The second-order valence-corrected chi connectivity index (χ2v) is 7.54. The van der Waals surface area contributed by atoms with Gasteiger partial charge in [0.15, 0.2) is 6.10 Å². The Bertz CT molecular complexity index is 832. The fraction of sp³-hybridized carbons (Fsp3) is 0.600. The van der Waals surface area contributed by atoms with Gasteiger partial charge in [0.2, 0.25) is 0 Å². The molecule has 1 heterocycles. The molecule has 1 saturated carbocycles. The lowest BCUT2D eigenvalue weighted by atomic mass is 9.78. The van der Waals surface area contributed by atoms with E-state index in [1.54, 1.807) is 29.8 Å². The number of aryl methyl sites for hydroxylation is 1. The topological polar surface area (TPSA) is 86.1 Å². The number of aromatic nitrogens is 3. The summed E-state index contributed by atoms with van der Waals surface area (Å²) in [6.07, 6.45) is 2.44. The lowest BCUT2D eigenvalue weighted by Crippen LogP contribution is -2.47. The van der Waals surface area contributed by atoms with E-state index in [0.717, 1.165) is 18.4 Å². The molecule has 1 aliphatic carbocycles. The van der Waals surface area contributed by atoms with Gasteiger partial charge in [-0.05, 0) is 50.3 Å². The molecule has 0 unspecified atom stereocenters. The van der Waals surface area contributed by atoms with Crippen molar-refractivity contribution >= 4 is 22.9 Å². The van der Waals surface area contributed by atoms with Crippen molar-refractivity contribution in [3.63, 3.8) is 0 Å². The molecule has 0 radical (unpaired) electrons. The fourth-order valence-corrected chi connectivity index (χ4v) is 3.70. The molecule has 0 bridgehead atoms. The molecule has 0 aliphatic heterocycles. The quantitative estimate of drug-likeness (QED) is 0.816. The van der Waals surface area contributed by atoms with Gasteiger partial charge in [0.05, 0.1) is 11.1 Å². The van der Waals surface area contributed by atoms with Crippen LogP contribution >= 0.6 is 0 Å². The fourth-order valence-electron chi connectivity index (χ4n) is 3.70. The van der Waals surface area contributed by atoms with Crippen LogP contribution in [0.4, 0.5) is 0 Å². The molecule has 3 rings (SSSR count). The SMILES string of the molecule is CCn1nnc2cc(C(=O)O[C@H](C)C(=O)N[C@H]3CCC[C@H](C)[C@@H]3C)ccc21. The Kier molecular flexibility index (Phi) is 5.77. The molecule has 1 aromatic carbocycles. The van der Waals surface area contributed by atoms with Crippen LogP contribution in [-0.2, 0) is 16.1 Å². The van der Waals surface area contributed by atoms with Gasteiger partial charge in [-0.2, -0.15) is 0 Å². The molecule has 1 aliphatic rings. The van der Waals surface area contributed by atoms with E-state index in [1.807, 2.05) is 6.92 Å². The van der Waals surface area contributed by atoms with Gasteiger partial charge in [0.25, 0.3) is 5.91 Å². The van der Waals surface area contributed by atoms with Crippen molar-refractivity contribution in [3.05, 3.63) is 23.8 Å². The van der Waals surface area contributed by atoms with Gasteiger partial charge in [-0.25, -0.2) is 9.48 Å². The van der Waals surface area contributed by atoms with Crippen LogP contribution in [-0.4, -0.2) is 39.0 Å². The minimum atomic E-state index is -0.844. The molecule has 1 aromatic heterocycles. The number of esters is 1. The maximum absolute atomic E-state index is 12.5. The Balaban J connectivity index is 1.62. The van der Waals surface area contributed by atoms with Gasteiger partial charge in [-0.3, -0.25) is 4.79 Å². The lowest BCUT2D eigenvalue weighted by Gasteiger charge is -2.35. The number of rotatable bonds is 5. The van der Waals surface area contributed by atoms with Gasteiger partial charge < -0.3 is 10.1 Å². The van der Waals surface area contributed by atoms with Gasteiger partial charge in [-0.1, -0.05) is 31.9 Å². The number of nitrogens with one attached hydrogen (secondary N) is 1. The first-order chi connectivity index (χ1) is 12.9. The average molecular weight is 372 g/mol.